The van der Waals surface area contributed by atoms with Crippen molar-refractivity contribution in [1.29, 1.82) is 0 Å². The number of benzene rings is 1. The zero-order valence-corrected chi connectivity index (χ0v) is 15.6. The number of nitrogens with zero attached hydrogens (tertiary/aromatic N) is 1. The maximum Gasteiger partial charge on any atom is 0.164 e. The number of anilines is 1. The van der Waals surface area contributed by atoms with Gasteiger partial charge in [-0.1, -0.05) is 6.92 Å². The lowest BCUT2D eigenvalue weighted by Crippen LogP contribution is -2.16. The molecule has 0 aliphatic carbocycles. The van der Waals surface area contributed by atoms with Crippen LogP contribution in [-0.4, -0.2) is 35.1 Å². The molecule has 3 aromatic rings. The third-order valence-electron chi connectivity index (χ3n) is 5.01. The Morgan fingerprint density at radius 2 is 2.29 bits per heavy atom. The van der Waals surface area contributed by atoms with E-state index >= 15 is 0 Å². The molecule has 0 unspecified atom stereocenters. The van der Waals surface area contributed by atoms with E-state index in [0.717, 1.165) is 19.4 Å². The Balaban J connectivity index is 1.64. The molecule has 3 N–H and O–H groups in total. The van der Waals surface area contributed by atoms with Crippen molar-refractivity contribution in [3.05, 3.63) is 41.8 Å². The highest BCUT2D eigenvalue weighted by molar-refractivity contribution is 6.10. The zero-order chi connectivity index (χ0) is 19.7. The highest BCUT2D eigenvalue weighted by atomic mass is 19.1. The molecule has 3 heterocycles. The molecule has 1 aliphatic heterocycles. The van der Waals surface area contributed by atoms with Crippen LogP contribution >= 0.6 is 0 Å². The van der Waals surface area contributed by atoms with Crippen LogP contribution in [0.4, 0.5) is 10.2 Å². The fourth-order valence-corrected chi connectivity index (χ4v) is 3.46. The van der Waals surface area contributed by atoms with Gasteiger partial charge in [-0.25, -0.2) is 9.37 Å². The molecule has 0 spiro atoms. The molecule has 0 saturated carbocycles. The molecule has 7 heteroatoms. The van der Waals surface area contributed by atoms with Crippen molar-refractivity contribution in [3.63, 3.8) is 0 Å². The van der Waals surface area contributed by atoms with E-state index in [4.69, 9.17) is 15.2 Å². The second-order valence-corrected chi connectivity index (χ2v) is 6.89. The maximum atomic E-state index is 14.7. The second kappa shape index (κ2) is 7.59. The molecular weight excluding hydrogens is 361 g/mol. The zero-order valence-electron chi connectivity index (χ0n) is 15.6. The Morgan fingerprint density at radius 3 is 3.00 bits per heavy atom. The molecule has 6 nitrogen and oxygen atoms in total. The molecule has 1 aromatic carbocycles. The summed E-state index contributed by atoms with van der Waals surface area (Å²) in [4.78, 5) is 19.4. The fraction of sp³-hybridized carbons (Fsp3) is 0.333. The van der Waals surface area contributed by atoms with Crippen LogP contribution in [0.1, 0.15) is 36.5 Å². The van der Waals surface area contributed by atoms with Gasteiger partial charge in [0.25, 0.3) is 0 Å². The maximum absolute atomic E-state index is 14.7. The molecule has 0 bridgehead atoms. The normalized spacial score (nSPS) is 16.6. The minimum atomic E-state index is -0.425. The van der Waals surface area contributed by atoms with Crippen LogP contribution in [0.5, 0.6) is 5.75 Å². The molecule has 1 aliphatic rings. The number of halogens is 1. The van der Waals surface area contributed by atoms with Gasteiger partial charge in [0.15, 0.2) is 5.78 Å². The SMILES string of the molecule is CCC(=O)c1cnc(N)c2[nH]c(-c3ccc(OC[C@@H]4CCCO4)cc3F)cc12. The Labute approximate surface area is 161 Å². The summed E-state index contributed by atoms with van der Waals surface area (Å²) < 4.78 is 25.9. The molecule has 28 heavy (non-hydrogen) atoms. The van der Waals surface area contributed by atoms with Gasteiger partial charge < -0.3 is 20.2 Å². The van der Waals surface area contributed by atoms with E-state index < -0.39 is 5.82 Å². The van der Waals surface area contributed by atoms with Crippen LogP contribution in [0, 0.1) is 5.82 Å². The Morgan fingerprint density at radius 1 is 1.43 bits per heavy atom. The van der Waals surface area contributed by atoms with Crippen LogP contribution in [0.15, 0.2) is 30.5 Å². The number of Topliss-reactive ketones (excluding diaryl/α,β-unsaturated/α-hetero) is 1. The molecule has 0 radical (unpaired) electrons. The minimum absolute atomic E-state index is 0.0404. The van der Waals surface area contributed by atoms with E-state index in [1.807, 2.05) is 0 Å². The third kappa shape index (κ3) is 3.45. The number of nitrogens with two attached hydrogens (primary N) is 1. The lowest BCUT2D eigenvalue weighted by molar-refractivity contribution is 0.0678. The average Bonchev–Trinajstić information content (AvgIpc) is 3.36. The number of ether oxygens (including phenoxy) is 2. The third-order valence-corrected chi connectivity index (χ3v) is 5.01. The van der Waals surface area contributed by atoms with E-state index in [0.29, 0.717) is 46.5 Å². The first-order valence-corrected chi connectivity index (χ1v) is 9.41. The summed E-state index contributed by atoms with van der Waals surface area (Å²) in [5.41, 5.74) is 7.85. The molecule has 4 rings (SSSR count). The van der Waals surface area contributed by atoms with Crippen LogP contribution in [-0.2, 0) is 4.74 Å². The molecule has 2 aromatic heterocycles. The minimum Gasteiger partial charge on any atom is -0.491 e. The largest absolute Gasteiger partial charge is 0.491 e. The summed E-state index contributed by atoms with van der Waals surface area (Å²) in [5, 5.41) is 0.646. The number of nitrogens with one attached hydrogen (secondary N) is 1. The van der Waals surface area contributed by atoms with E-state index in [2.05, 4.69) is 9.97 Å². The van der Waals surface area contributed by atoms with E-state index in [1.54, 1.807) is 25.1 Å². The summed E-state index contributed by atoms with van der Waals surface area (Å²) in [7, 11) is 0. The van der Waals surface area contributed by atoms with E-state index in [-0.39, 0.29) is 17.7 Å². The smallest absolute Gasteiger partial charge is 0.164 e. The van der Waals surface area contributed by atoms with Crippen LogP contribution in [0.25, 0.3) is 22.2 Å². The van der Waals surface area contributed by atoms with E-state index in [9.17, 15) is 9.18 Å². The Hall–Kier alpha value is -2.93. The summed E-state index contributed by atoms with van der Waals surface area (Å²) in [6.07, 6.45) is 3.89. The standard InChI is InChI=1S/C21H22FN3O3/c1-2-19(26)16-10-24-21(23)20-15(16)9-18(25-20)14-6-5-12(8-17(14)22)28-11-13-4-3-7-27-13/h5-6,8-10,13,25H,2-4,7,11H2,1H3,(H2,23,24)/t13-/m0/s1. The average molecular weight is 383 g/mol. The van der Waals surface area contributed by atoms with Crippen molar-refractivity contribution in [1.82, 2.24) is 9.97 Å². The lowest BCUT2D eigenvalue weighted by atomic mass is 10.1. The molecular formula is C21H22FN3O3. The molecule has 1 fully saturated rings. The van der Waals surface area contributed by atoms with Gasteiger partial charge >= 0.3 is 0 Å². The highest BCUT2D eigenvalue weighted by Gasteiger charge is 2.18. The summed E-state index contributed by atoms with van der Waals surface area (Å²) in [6, 6.07) is 6.46. The Kier molecular flexibility index (Phi) is 5.00. The first-order valence-electron chi connectivity index (χ1n) is 9.41. The van der Waals surface area contributed by atoms with Crippen molar-refractivity contribution in [2.75, 3.05) is 18.9 Å². The number of carbonyl (C=O) groups excluding carboxylic acids is 1. The van der Waals surface area contributed by atoms with Gasteiger partial charge in [0, 0.05) is 47.5 Å². The first kappa shape index (κ1) is 18.4. The number of hydrogen-bond acceptors (Lipinski definition) is 5. The van der Waals surface area contributed by atoms with Crippen molar-refractivity contribution in [3.8, 4) is 17.0 Å². The first-order chi connectivity index (χ1) is 13.6. The summed E-state index contributed by atoms with van der Waals surface area (Å²) >= 11 is 0. The predicted octanol–water partition coefficient (Wildman–Crippen LogP) is 4.10. The van der Waals surface area contributed by atoms with Gasteiger partial charge in [-0.15, -0.1) is 0 Å². The number of hydrogen-bond donors (Lipinski definition) is 2. The lowest BCUT2D eigenvalue weighted by Gasteiger charge is -2.12. The van der Waals surface area contributed by atoms with Gasteiger partial charge in [-0.05, 0) is 31.0 Å². The number of nitrogen functional groups attached to an aromatic ring is 1. The van der Waals surface area contributed by atoms with Gasteiger partial charge in [0.1, 0.15) is 24.0 Å². The number of carbonyl (C=O) groups is 1. The number of pyridine rings is 1. The van der Waals surface area contributed by atoms with Crippen molar-refractivity contribution in [2.45, 2.75) is 32.3 Å². The number of fused-ring (bicyclic) bond motifs is 1. The highest BCUT2D eigenvalue weighted by Crippen LogP contribution is 2.32. The van der Waals surface area contributed by atoms with Crippen LogP contribution < -0.4 is 10.5 Å². The van der Waals surface area contributed by atoms with Crippen LogP contribution in [0.3, 0.4) is 0 Å². The quantitative estimate of drug-likeness (QED) is 0.626. The molecule has 1 saturated heterocycles. The number of rotatable bonds is 6. The van der Waals surface area contributed by atoms with Crippen molar-refractivity contribution in [2.24, 2.45) is 0 Å². The van der Waals surface area contributed by atoms with Crippen molar-refractivity contribution < 1.29 is 18.7 Å². The van der Waals surface area contributed by atoms with Gasteiger partial charge in [0.05, 0.1) is 11.6 Å². The summed E-state index contributed by atoms with van der Waals surface area (Å²) in [6.45, 7) is 2.95. The topological polar surface area (TPSA) is 90.2 Å². The molecule has 0 amide bonds. The van der Waals surface area contributed by atoms with Gasteiger partial charge in [-0.2, -0.15) is 0 Å². The van der Waals surface area contributed by atoms with Crippen LogP contribution in [0.2, 0.25) is 0 Å². The fourth-order valence-electron chi connectivity index (χ4n) is 3.46. The number of aromatic amines is 1. The summed E-state index contributed by atoms with van der Waals surface area (Å²) in [5.74, 6) is 0.259. The molecule has 1 atom stereocenters. The predicted molar refractivity (Wildman–Crippen MR) is 105 cm³/mol. The Bertz CT molecular complexity index is 1030. The number of aromatic nitrogens is 2. The monoisotopic (exact) mass is 383 g/mol. The van der Waals surface area contributed by atoms with E-state index in [1.165, 1.54) is 12.3 Å². The van der Waals surface area contributed by atoms with Gasteiger partial charge in [-0.3, -0.25) is 4.79 Å². The molecule has 146 valence electrons. The number of ketones is 1. The second-order valence-electron chi connectivity index (χ2n) is 6.89. The van der Waals surface area contributed by atoms with Crippen molar-refractivity contribution >= 4 is 22.5 Å². The number of H-pyrrole nitrogens is 1. The van der Waals surface area contributed by atoms with Gasteiger partial charge in [0.2, 0.25) is 0 Å².